The Morgan fingerprint density at radius 2 is 0.960 bits per heavy atom. The second-order valence-corrected chi connectivity index (χ2v) is 7.47. The Kier molecular flexibility index (Phi) is 20.6. The lowest BCUT2D eigenvalue weighted by Gasteiger charge is -2.10. The van der Waals surface area contributed by atoms with E-state index in [-0.39, 0.29) is 6.15 Å². The number of hydrogen-bond acceptors (Lipinski definition) is 2. The lowest BCUT2D eigenvalue weighted by atomic mass is 10.0. The molecule has 0 radical (unpaired) electrons. The van der Waals surface area contributed by atoms with Gasteiger partial charge in [-0.25, -0.2) is 0 Å². The van der Waals surface area contributed by atoms with Crippen LogP contribution in [0.5, 0.6) is 0 Å². The van der Waals surface area contributed by atoms with Gasteiger partial charge >= 0.3 is 0 Å². The molecule has 0 aromatic heterocycles. The smallest absolute Gasteiger partial charge is 0.0674 e. The molecule has 150 valence electrons. The molecule has 0 saturated heterocycles. The molecule has 0 saturated carbocycles. The first-order chi connectivity index (χ1) is 11.6. The van der Waals surface area contributed by atoms with Crippen LogP contribution in [0.1, 0.15) is 124 Å². The fraction of sp³-hybridized carbons (Fsp3) is 0.864. The predicted octanol–water partition coefficient (Wildman–Crippen LogP) is 6.71. The molecular weight excluding hydrogens is 310 g/mol. The number of hydrogen-bond donors (Lipinski definition) is 1. The molecule has 0 aromatic carbocycles. The van der Waals surface area contributed by atoms with Crippen LogP contribution < -0.4 is 11.3 Å². The maximum atomic E-state index is 11.0. The number of carbonyl (C=O) groups excluding carboxylic acids is 1. The first kappa shape index (κ1) is 26.4. The third-order valence-corrected chi connectivity index (χ3v) is 4.88. The number of carboxylic acid groups (broad SMARTS) is 1. The molecule has 0 aliphatic heterocycles. The standard InChI is InChI=1S/C22H42O2.H3N/c1-4-5-6-7-8-9-10-11-12-13-14-15-16-17-18-19-21(20(2)3)22(23)24;/h4-19H2,1-3H3,(H,23,24);1H3. The van der Waals surface area contributed by atoms with Crippen molar-refractivity contribution >= 4 is 5.97 Å². The average Bonchev–Trinajstić information content (AvgIpc) is 2.53. The Morgan fingerprint density at radius 1 is 0.640 bits per heavy atom. The van der Waals surface area contributed by atoms with Crippen LogP contribution in [0.2, 0.25) is 0 Å². The van der Waals surface area contributed by atoms with Crippen LogP contribution in [0, 0.1) is 0 Å². The van der Waals surface area contributed by atoms with E-state index >= 15 is 0 Å². The second-order valence-electron chi connectivity index (χ2n) is 7.47. The highest BCUT2D eigenvalue weighted by Gasteiger charge is 2.01. The molecule has 0 aliphatic rings. The van der Waals surface area contributed by atoms with Gasteiger partial charge in [-0.05, 0) is 32.3 Å². The van der Waals surface area contributed by atoms with Gasteiger partial charge in [0, 0.05) is 0 Å². The Morgan fingerprint density at radius 3 is 1.24 bits per heavy atom. The molecule has 0 rings (SSSR count). The minimum Gasteiger partial charge on any atom is -0.545 e. The van der Waals surface area contributed by atoms with Gasteiger partial charge < -0.3 is 16.1 Å². The zero-order valence-corrected chi connectivity index (χ0v) is 17.6. The van der Waals surface area contributed by atoms with E-state index in [2.05, 4.69) is 6.92 Å². The molecule has 0 amide bonds. The highest BCUT2D eigenvalue weighted by Crippen LogP contribution is 2.16. The van der Waals surface area contributed by atoms with Gasteiger partial charge in [-0.2, -0.15) is 0 Å². The van der Waals surface area contributed by atoms with Crippen molar-refractivity contribution < 1.29 is 9.90 Å². The highest BCUT2D eigenvalue weighted by atomic mass is 16.4. The average molecular weight is 356 g/mol. The molecule has 0 atom stereocenters. The van der Waals surface area contributed by atoms with Crippen molar-refractivity contribution in [3.05, 3.63) is 11.1 Å². The van der Waals surface area contributed by atoms with Crippen molar-refractivity contribution in [1.29, 1.82) is 0 Å². The molecule has 3 nitrogen and oxygen atoms in total. The van der Waals surface area contributed by atoms with Crippen LogP contribution in [-0.4, -0.2) is 5.97 Å². The van der Waals surface area contributed by atoms with Gasteiger partial charge in [-0.3, -0.25) is 0 Å². The predicted molar refractivity (Wildman–Crippen MR) is 109 cm³/mol. The normalized spacial score (nSPS) is 10.4. The molecule has 0 unspecified atom stereocenters. The molecule has 0 bridgehead atoms. The molecule has 25 heavy (non-hydrogen) atoms. The van der Waals surface area contributed by atoms with Crippen LogP contribution in [0.4, 0.5) is 0 Å². The summed E-state index contributed by atoms with van der Waals surface area (Å²) in [7, 11) is 0. The fourth-order valence-corrected chi connectivity index (χ4v) is 3.23. The van der Waals surface area contributed by atoms with E-state index in [1.54, 1.807) is 0 Å². The molecule has 0 heterocycles. The number of quaternary nitrogens is 1. The number of carboxylic acids is 1. The van der Waals surface area contributed by atoms with E-state index in [1.807, 2.05) is 13.8 Å². The fourth-order valence-electron chi connectivity index (χ4n) is 3.23. The lowest BCUT2D eigenvalue weighted by molar-refractivity contribution is -0.299. The van der Waals surface area contributed by atoms with Crippen molar-refractivity contribution in [3.8, 4) is 0 Å². The lowest BCUT2D eigenvalue weighted by Crippen LogP contribution is -2.25. The summed E-state index contributed by atoms with van der Waals surface area (Å²) < 4.78 is 0. The minimum absolute atomic E-state index is 0. The summed E-state index contributed by atoms with van der Waals surface area (Å²) in [5.41, 5.74) is 1.39. The number of carbonyl (C=O) groups is 1. The second kappa shape index (κ2) is 19.5. The molecule has 3 heteroatoms. The van der Waals surface area contributed by atoms with Crippen LogP contribution in [-0.2, 0) is 4.79 Å². The zero-order valence-electron chi connectivity index (χ0n) is 17.6. The molecule has 0 spiro atoms. The van der Waals surface area contributed by atoms with Crippen molar-refractivity contribution in [3.63, 3.8) is 0 Å². The maximum Gasteiger partial charge on any atom is 0.0674 e. The number of aliphatic carboxylic acids is 1. The largest absolute Gasteiger partial charge is 0.545 e. The first-order valence-electron chi connectivity index (χ1n) is 10.5. The van der Waals surface area contributed by atoms with Gasteiger partial charge in [-0.15, -0.1) is 0 Å². The van der Waals surface area contributed by atoms with E-state index in [4.69, 9.17) is 0 Å². The third kappa shape index (κ3) is 17.8. The monoisotopic (exact) mass is 355 g/mol. The molecule has 0 aliphatic carbocycles. The van der Waals surface area contributed by atoms with Gasteiger partial charge in [0.1, 0.15) is 0 Å². The Bertz CT molecular complexity index is 333. The number of rotatable bonds is 17. The van der Waals surface area contributed by atoms with Gasteiger partial charge in [0.15, 0.2) is 0 Å². The molecule has 0 aromatic rings. The Hall–Kier alpha value is -0.830. The van der Waals surface area contributed by atoms with Crippen LogP contribution >= 0.6 is 0 Å². The van der Waals surface area contributed by atoms with Gasteiger partial charge in [0.05, 0.1) is 5.97 Å². The van der Waals surface area contributed by atoms with Crippen LogP contribution in [0.3, 0.4) is 0 Å². The summed E-state index contributed by atoms with van der Waals surface area (Å²) in [6, 6.07) is 0. The summed E-state index contributed by atoms with van der Waals surface area (Å²) in [5, 5.41) is 11.0. The van der Waals surface area contributed by atoms with E-state index in [0.29, 0.717) is 12.0 Å². The Balaban J connectivity index is 0. The minimum atomic E-state index is -0.986. The highest BCUT2D eigenvalue weighted by molar-refractivity contribution is 5.85. The van der Waals surface area contributed by atoms with Gasteiger partial charge in [0.25, 0.3) is 0 Å². The van der Waals surface area contributed by atoms with E-state index in [1.165, 1.54) is 83.5 Å². The first-order valence-corrected chi connectivity index (χ1v) is 10.5. The third-order valence-electron chi connectivity index (χ3n) is 4.88. The SMILES string of the molecule is CCCCCCCCCCCCCCCCCC(C(=O)[O-])=C(C)C.[NH4+]. The van der Waals surface area contributed by atoms with Crippen molar-refractivity contribution in [2.75, 3.05) is 0 Å². The quantitative estimate of drug-likeness (QED) is 0.232. The summed E-state index contributed by atoms with van der Waals surface area (Å²) in [4.78, 5) is 11.0. The van der Waals surface area contributed by atoms with Crippen molar-refractivity contribution in [2.24, 2.45) is 0 Å². The van der Waals surface area contributed by atoms with E-state index in [9.17, 15) is 9.90 Å². The molecular formula is C22H45NO2. The van der Waals surface area contributed by atoms with Crippen LogP contribution in [0.15, 0.2) is 11.1 Å². The van der Waals surface area contributed by atoms with Gasteiger partial charge in [0.2, 0.25) is 0 Å². The number of unbranched alkanes of at least 4 members (excludes halogenated alkanes) is 14. The zero-order chi connectivity index (χ0) is 18.0. The summed E-state index contributed by atoms with van der Waals surface area (Å²) >= 11 is 0. The van der Waals surface area contributed by atoms with Crippen molar-refractivity contribution in [2.45, 2.75) is 124 Å². The maximum absolute atomic E-state index is 11.0. The van der Waals surface area contributed by atoms with Crippen LogP contribution in [0.25, 0.3) is 0 Å². The summed E-state index contributed by atoms with van der Waals surface area (Å²) in [5.74, 6) is -0.986. The summed E-state index contributed by atoms with van der Waals surface area (Å²) in [6.07, 6.45) is 20.7. The van der Waals surface area contributed by atoms with E-state index < -0.39 is 5.97 Å². The number of allylic oxidation sites excluding steroid dienone is 1. The molecule has 4 N–H and O–H groups in total. The van der Waals surface area contributed by atoms with Crippen molar-refractivity contribution in [1.82, 2.24) is 6.15 Å². The van der Waals surface area contributed by atoms with E-state index in [0.717, 1.165) is 18.4 Å². The summed E-state index contributed by atoms with van der Waals surface area (Å²) in [6.45, 7) is 5.99. The molecule has 0 fully saturated rings. The van der Waals surface area contributed by atoms with Gasteiger partial charge in [-0.1, -0.05) is 102 Å². The Labute approximate surface area is 157 Å². The topological polar surface area (TPSA) is 76.6 Å².